The van der Waals surface area contributed by atoms with Crippen LogP contribution in [0.1, 0.15) is 30.9 Å². The van der Waals surface area contributed by atoms with E-state index in [1.807, 2.05) is 6.07 Å². The van der Waals surface area contributed by atoms with Gasteiger partial charge >= 0.3 is 12.1 Å². The van der Waals surface area contributed by atoms with Gasteiger partial charge in [-0.1, -0.05) is 23.7 Å². The van der Waals surface area contributed by atoms with Crippen LogP contribution in [-0.4, -0.2) is 24.7 Å². The molecule has 1 unspecified atom stereocenters. The minimum absolute atomic E-state index is 0.0119. The summed E-state index contributed by atoms with van der Waals surface area (Å²) >= 11 is 6.03. The van der Waals surface area contributed by atoms with Gasteiger partial charge in [-0.3, -0.25) is 0 Å². The summed E-state index contributed by atoms with van der Waals surface area (Å²) in [5, 5.41) is 9.39. The van der Waals surface area contributed by atoms with Gasteiger partial charge in [-0.15, -0.1) is 0 Å². The van der Waals surface area contributed by atoms with Crippen molar-refractivity contribution in [2.45, 2.75) is 25.9 Å². The van der Waals surface area contributed by atoms with E-state index in [9.17, 15) is 23.2 Å². The summed E-state index contributed by atoms with van der Waals surface area (Å²) in [5.74, 6) is -2.27. The summed E-state index contributed by atoms with van der Waals surface area (Å²) in [6.45, 7) is 3.14. The molecule has 1 aliphatic heterocycles. The predicted molar refractivity (Wildman–Crippen MR) is 117 cm³/mol. The summed E-state index contributed by atoms with van der Waals surface area (Å²) in [4.78, 5) is 16.5. The van der Waals surface area contributed by atoms with Gasteiger partial charge in [-0.2, -0.15) is 18.4 Å². The highest BCUT2D eigenvalue weighted by Gasteiger charge is 2.39. The molecule has 8 nitrogen and oxygen atoms in total. The Hall–Kier alpha value is -3.91. The number of aromatic nitrogens is 1. The molecule has 0 radical (unpaired) electrons. The number of pyridine rings is 1. The van der Waals surface area contributed by atoms with Gasteiger partial charge in [0.1, 0.15) is 22.4 Å². The fourth-order valence-electron chi connectivity index (χ4n) is 3.45. The number of ether oxygens (including phenoxy) is 4. The number of alkyl halides is 3. The van der Waals surface area contributed by atoms with E-state index in [1.165, 1.54) is 26.2 Å². The van der Waals surface area contributed by atoms with Crippen LogP contribution >= 0.6 is 11.6 Å². The number of carbonyl (C=O) groups excluding carboxylic acids is 1. The number of rotatable bonds is 6. The Morgan fingerprint density at radius 2 is 2.09 bits per heavy atom. The van der Waals surface area contributed by atoms with Crippen LogP contribution in [0.25, 0.3) is 0 Å². The highest BCUT2D eigenvalue weighted by molar-refractivity contribution is 6.31. The topological polar surface area (TPSA) is 117 Å². The smallest absolute Gasteiger partial charge is 0.417 e. The number of hydrogen-bond donors (Lipinski definition) is 1. The van der Waals surface area contributed by atoms with Crippen LogP contribution in [0.4, 0.5) is 13.2 Å². The van der Waals surface area contributed by atoms with Gasteiger partial charge < -0.3 is 24.7 Å². The Bertz CT molecular complexity index is 1270. The SMILES string of the molecule is CCOC(=O)C1=C(C)OC(N)=C(C#N)C1c1cccc(OC)c1Oc1ncc(C(F)(F)F)cc1Cl. The second-order valence-electron chi connectivity index (χ2n) is 7.10. The Labute approximate surface area is 203 Å². The zero-order chi connectivity index (χ0) is 25.9. The lowest BCUT2D eigenvalue weighted by Crippen LogP contribution is -2.26. The van der Waals surface area contributed by atoms with Crippen molar-refractivity contribution >= 4 is 17.6 Å². The molecule has 0 aliphatic carbocycles. The first-order valence-electron chi connectivity index (χ1n) is 10.1. The van der Waals surface area contributed by atoms with Gasteiger partial charge in [0.2, 0.25) is 11.8 Å². The molecule has 2 aromatic rings. The molecule has 2 N–H and O–H groups in total. The second-order valence-corrected chi connectivity index (χ2v) is 7.51. The van der Waals surface area contributed by atoms with Gasteiger partial charge in [0.05, 0.1) is 30.8 Å². The molecule has 2 heterocycles. The molecular weight excluding hydrogens is 491 g/mol. The highest BCUT2D eigenvalue weighted by Crippen LogP contribution is 2.47. The molecule has 1 atom stereocenters. The number of para-hydroxylation sites is 1. The van der Waals surface area contributed by atoms with Crippen molar-refractivity contribution in [1.29, 1.82) is 5.26 Å². The number of nitrogens with zero attached hydrogens (tertiary/aromatic N) is 2. The number of halogens is 4. The number of hydrogen-bond acceptors (Lipinski definition) is 8. The van der Waals surface area contributed by atoms with E-state index in [1.54, 1.807) is 13.0 Å². The van der Waals surface area contributed by atoms with Crippen molar-refractivity contribution < 1.29 is 36.9 Å². The van der Waals surface area contributed by atoms with E-state index in [2.05, 4.69) is 4.98 Å². The van der Waals surface area contributed by atoms with E-state index < -0.39 is 28.6 Å². The maximum absolute atomic E-state index is 13.0. The van der Waals surface area contributed by atoms with E-state index in [0.717, 1.165) is 0 Å². The molecule has 3 rings (SSSR count). The molecule has 0 spiro atoms. The Kier molecular flexibility index (Phi) is 7.45. The highest BCUT2D eigenvalue weighted by atomic mass is 35.5. The van der Waals surface area contributed by atoms with Gasteiger partial charge in [-0.05, 0) is 26.0 Å². The first-order valence-corrected chi connectivity index (χ1v) is 10.4. The number of nitrogens with two attached hydrogens (primary N) is 1. The average Bonchev–Trinajstić information content (AvgIpc) is 2.79. The van der Waals surface area contributed by atoms with Crippen molar-refractivity contribution in [3.63, 3.8) is 0 Å². The maximum atomic E-state index is 13.0. The monoisotopic (exact) mass is 509 g/mol. The molecule has 1 aromatic carbocycles. The molecule has 184 valence electrons. The molecule has 0 fully saturated rings. The lowest BCUT2D eigenvalue weighted by atomic mass is 9.82. The fraction of sp³-hybridized carbons (Fsp3) is 0.261. The van der Waals surface area contributed by atoms with Crippen molar-refractivity contribution in [3.8, 4) is 23.4 Å². The minimum Gasteiger partial charge on any atom is -0.493 e. The van der Waals surface area contributed by atoms with Crippen molar-refractivity contribution in [1.82, 2.24) is 4.98 Å². The molecule has 12 heteroatoms. The Morgan fingerprint density at radius 3 is 2.66 bits per heavy atom. The standard InChI is InChI=1S/C23H19ClF3N3O5/c1-4-33-22(31)17-11(2)34-20(29)14(9-28)18(17)13-6-5-7-16(32-3)19(13)35-21-15(24)8-12(10-30-21)23(25,26)27/h5-8,10,18H,4,29H2,1-3H3. The first-order chi connectivity index (χ1) is 16.5. The number of nitriles is 1. The number of esters is 1. The number of carbonyl (C=O) groups is 1. The molecule has 1 aliphatic rings. The van der Waals surface area contributed by atoms with Crippen LogP contribution in [0, 0.1) is 11.3 Å². The molecule has 35 heavy (non-hydrogen) atoms. The first kappa shape index (κ1) is 25.7. The van der Waals surface area contributed by atoms with Gasteiger partial charge in [0, 0.05) is 11.8 Å². The quantitative estimate of drug-likeness (QED) is 0.528. The number of benzene rings is 1. The Balaban J connectivity index is 2.21. The average molecular weight is 510 g/mol. The third kappa shape index (κ3) is 5.12. The van der Waals surface area contributed by atoms with Gasteiger partial charge in [0.15, 0.2) is 11.5 Å². The van der Waals surface area contributed by atoms with E-state index >= 15 is 0 Å². The number of methoxy groups -OCH3 is 1. The lowest BCUT2D eigenvalue weighted by molar-refractivity contribution is -0.139. The predicted octanol–water partition coefficient (Wildman–Crippen LogP) is 5.20. The van der Waals surface area contributed by atoms with Crippen molar-refractivity contribution in [2.24, 2.45) is 5.73 Å². The molecule has 1 aromatic heterocycles. The fourth-order valence-corrected chi connectivity index (χ4v) is 3.65. The van der Waals surface area contributed by atoms with Crippen LogP contribution in [0.15, 0.2) is 53.3 Å². The summed E-state index contributed by atoms with van der Waals surface area (Å²) in [6.07, 6.45) is -4.09. The molecule has 0 saturated carbocycles. The summed E-state index contributed by atoms with van der Waals surface area (Å²) in [6, 6.07) is 7.22. The zero-order valence-corrected chi connectivity index (χ0v) is 19.5. The lowest BCUT2D eigenvalue weighted by Gasteiger charge is -2.28. The van der Waals surface area contributed by atoms with Crippen LogP contribution in [0.3, 0.4) is 0 Å². The maximum Gasteiger partial charge on any atom is 0.417 e. The van der Waals surface area contributed by atoms with Gasteiger partial charge in [-0.25, -0.2) is 9.78 Å². The Morgan fingerprint density at radius 1 is 1.37 bits per heavy atom. The summed E-state index contributed by atoms with van der Waals surface area (Å²) in [5.41, 5.74) is 4.97. The minimum atomic E-state index is -4.66. The van der Waals surface area contributed by atoms with E-state index in [0.29, 0.717) is 12.3 Å². The van der Waals surface area contributed by atoms with Crippen LogP contribution < -0.4 is 15.2 Å². The summed E-state index contributed by atoms with van der Waals surface area (Å²) < 4.78 is 60.8. The number of allylic oxidation sites excluding steroid dienone is 2. The van der Waals surface area contributed by atoms with E-state index in [4.69, 9.17) is 36.3 Å². The van der Waals surface area contributed by atoms with E-state index in [-0.39, 0.29) is 52.3 Å². The second kappa shape index (κ2) is 10.1. The molecule has 0 saturated heterocycles. The molecular formula is C23H19ClF3N3O5. The molecule has 0 bridgehead atoms. The van der Waals surface area contributed by atoms with Crippen LogP contribution in [-0.2, 0) is 20.4 Å². The van der Waals surface area contributed by atoms with Crippen molar-refractivity contribution in [2.75, 3.05) is 13.7 Å². The van der Waals surface area contributed by atoms with Gasteiger partial charge in [0.25, 0.3) is 0 Å². The van der Waals surface area contributed by atoms with Crippen LogP contribution in [0.2, 0.25) is 5.02 Å². The van der Waals surface area contributed by atoms with Crippen LogP contribution in [0.5, 0.6) is 17.4 Å². The largest absolute Gasteiger partial charge is 0.493 e. The van der Waals surface area contributed by atoms with Crippen molar-refractivity contribution in [3.05, 3.63) is 69.4 Å². The molecule has 0 amide bonds. The zero-order valence-electron chi connectivity index (χ0n) is 18.7. The third-order valence-corrected chi connectivity index (χ3v) is 5.25. The normalized spacial score (nSPS) is 15.9. The summed E-state index contributed by atoms with van der Waals surface area (Å²) in [7, 11) is 1.33. The third-order valence-electron chi connectivity index (χ3n) is 4.97.